The van der Waals surface area contributed by atoms with Crippen molar-refractivity contribution in [1.82, 2.24) is 24.1 Å². The van der Waals surface area contributed by atoms with Crippen LogP contribution in [0.4, 0.5) is 5.69 Å². The van der Waals surface area contributed by atoms with Gasteiger partial charge in [-0.15, -0.1) is 0 Å². The fourth-order valence-corrected chi connectivity index (χ4v) is 11.9. The van der Waals surface area contributed by atoms with Crippen LogP contribution in [-0.4, -0.2) is 24.1 Å². The summed E-state index contributed by atoms with van der Waals surface area (Å²) < 4.78 is 17.6. The molecular weight excluding hydrogens is 957 g/mol. The minimum Gasteiger partial charge on any atom is -0.460 e. The molecule has 1 unspecified atom stereocenters. The number of hydrogen-bond acceptors (Lipinski definition) is 5. The molecule has 78 heavy (non-hydrogen) atoms. The van der Waals surface area contributed by atoms with Crippen LogP contribution in [0.1, 0.15) is 28.6 Å². The monoisotopic (exact) mass is 1000 g/mol. The molecule has 366 valence electrons. The van der Waals surface area contributed by atoms with Crippen molar-refractivity contribution in [1.29, 1.82) is 0 Å². The molecule has 14 aromatic rings. The Balaban J connectivity index is 0.986. The topological polar surface area (TPSA) is 79.2 Å². The van der Waals surface area contributed by atoms with E-state index in [1.807, 2.05) is 72.8 Å². The molecule has 0 N–H and O–H groups in total. The molecule has 15 rings (SSSR count). The van der Waals surface area contributed by atoms with Gasteiger partial charge in [0.05, 0.1) is 34.3 Å². The Labute approximate surface area is 447 Å². The number of aromatic nitrogens is 5. The van der Waals surface area contributed by atoms with Crippen molar-refractivity contribution in [3.05, 3.63) is 266 Å². The second-order valence-corrected chi connectivity index (χ2v) is 19.8. The SMILES string of the molecule is [C-]#[N+]c1ccc2c(c1)c1cc(-n3c4ccccc4c4ccccc43)ccc1n2-c1c(/C(C=C)=C/C=C)cc(-c2nc(-c3ccc4c(c3)oc3ccccc34)nc(C3C=Cc4c(oc5ccccc45)C3)n2)cc1-c1ccccc1. The van der Waals surface area contributed by atoms with Crippen molar-refractivity contribution in [3.63, 3.8) is 0 Å². The summed E-state index contributed by atoms with van der Waals surface area (Å²) in [7, 11) is 0. The van der Waals surface area contributed by atoms with E-state index in [1.54, 1.807) is 6.08 Å². The lowest BCUT2D eigenvalue weighted by Crippen LogP contribution is -2.11. The third kappa shape index (κ3) is 7.03. The number of para-hydroxylation sites is 4. The third-order valence-electron chi connectivity index (χ3n) is 15.4. The number of hydrogen-bond donors (Lipinski definition) is 0. The second kappa shape index (κ2) is 17.8. The van der Waals surface area contributed by atoms with Crippen LogP contribution in [0.3, 0.4) is 0 Å². The minimum absolute atomic E-state index is 0.212. The van der Waals surface area contributed by atoms with E-state index in [1.165, 1.54) is 10.8 Å². The Morgan fingerprint density at radius 3 is 1.92 bits per heavy atom. The largest absolute Gasteiger partial charge is 0.460 e. The quantitative estimate of drug-likeness (QED) is 0.106. The molecule has 0 saturated carbocycles. The van der Waals surface area contributed by atoms with Crippen LogP contribution >= 0.6 is 0 Å². The second-order valence-electron chi connectivity index (χ2n) is 19.8. The molecule has 0 aliphatic heterocycles. The van der Waals surface area contributed by atoms with E-state index in [4.69, 9.17) is 30.4 Å². The highest BCUT2D eigenvalue weighted by Crippen LogP contribution is 2.45. The van der Waals surface area contributed by atoms with E-state index in [9.17, 15) is 0 Å². The van der Waals surface area contributed by atoms with Crippen molar-refractivity contribution < 1.29 is 8.83 Å². The predicted octanol–water partition coefficient (Wildman–Crippen LogP) is 18.4. The molecule has 1 aliphatic carbocycles. The summed E-state index contributed by atoms with van der Waals surface area (Å²) in [6.07, 6.45) is 10.6. The van der Waals surface area contributed by atoms with E-state index >= 15 is 0 Å². The van der Waals surface area contributed by atoms with Crippen LogP contribution < -0.4 is 0 Å². The van der Waals surface area contributed by atoms with Crippen molar-refractivity contribution in [2.45, 2.75) is 12.3 Å². The van der Waals surface area contributed by atoms with Crippen LogP contribution in [0.2, 0.25) is 0 Å². The van der Waals surface area contributed by atoms with Gasteiger partial charge >= 0.3 is 0 Å². The number of nitrogens with zero attached hydrogens (tertiary/aromatic N) is 6. The summed E-state index contributed by atoms with van der Waals surface area (Å²) in [6, 6.07) is 67.2. The molecule has 1 atom stereocenters. The summed E-state index contributed by atoms with van der Waals surface area (Å²) in [4.78, 5) is 20.1. The van der Waals surface area contributed by atoms with Gasteiger partial charge in [0.2, 0.25) is 0 Å². The molecule has 0 saturated heterocycles. The van der Waals surface area contributed by atoms with E-state index < -0.39 is 0 Å². The van der Waals surface area contributed by atoms with E-state index in [-0.39, 0.29) is 5.92 Å². The van der Waals surface area contributed by atoms with Gasteiger partial charge < -0.3 is 18.0 Å². The van der Waals surface area contributed by atoms with Gasteiger partial charge in [-0.1, -0.05) is 159 Å². The molecule has 8 nitrogen and oxygen atoms in total. The molecule has 0 spiro atoms. The maximum absolute atomic E-state index is 8.17. The highest BCUT2D eigenvalue weighted by atomic mass is 16.3. The van der Waals surface area contributed by atoms with Crippen molar-refractivity contribution in [2.24, 2.45) is 0 Å². The van der Waals surface area contributed by atoms with Crippen molar-refractivity contribution in [2.75, 3.05) is 0 Å². The van der Waals surface area contributed by atoms with Crippen LogP contribution in [0, 0.1) is 6.57 Å². The maximum Gasteiger partial charge on any atom is 0.188 e. The molecule has 5 heterocycles. The Bertz CT molecular complexity index is 4900. The number of benzene rings is 9. The average molecular weight is 1000 g/mol. The molecule has 1 aliphatic rings. The van der Waals surface area contributed by atoms with Gasteiger partial charge in [-0.3, -0.25) is 0 Å². The number of furan rings is 2. The Hall–Kier alpha value is -10.6. The van der Waals surface area contributed by atoms with Crippen molar-refractivity contribution >= 4 is 93.9 Å². The summed E-state index contributed by atoms with van der Waals surface area (Å²) in [5, 5.41) is 7.51. The maximum atomic E-state index is 8.17. The van der Waals surface area contributed by atoms with Gasteiger partial charge in [-0.2, -0.15) is 0 Å². The number of fused-ring (bicyclic) bond motifs is 12. The predicted molar refractivity (Wildman–Crippen MR) is 318 cm³/mol. The zero-order chi connectivity index (χ0) is 52.0. The van der Waals surface area contributed by atoms with Crippen LogP contribution in [0.25, 0.3) is 138 Å². The van der Waals surface area contributed by atoms with Gasteiger partial charge in [-0.25, -0.2) is 19.8 Å². The van der Waals surface area contributed by atoms with Gasteiger partial charge in [0.25, 0.3) is 0 Å². The molecule has 0 amide bonds. The standard InChI is InChI=1S/C70H44N6O2/c1-4-17-42(5-2)55-36-46(70-73-68(44-28-32-53-51-22-11-15-26-63(51)77-65(53)38-44)72-69(74-70)45-29-33-54-52-23-12-16-27-64(52)78-66(54)39-45)37-56(43-18-7-6-8-19-43)67(55)76-61-34-30-47(71-3)40-57(61)58-41-48(31-35-62(58)76)75-59-24-13-9-20-49(59)50-21-10-14-25-60(50)75/h4-38,40-41,45H,1-2,39H2/b42-17+. The third-order valence-corrected chi connectivity index (χ3v) is 15.4. The smallest absolute Gasteiger partial charge is 0.188 e. The Kier molecular flexibility index (Phi) is 10.2. The van der Waals surface area contributed by atoms with Crippen molar-refractivity contribution in [3.8, 4) is 45.3 Å². The first-order valence-corrected chi connectivity index (χ1v) is 26.0. The van der Waals surface area contributed by atoms with Crippen LogP contribution in [0.5, 0.6) is 0 Å². The normalized spacial score (nSPS) is 13.6. The molecule has 9 aromatic carbocycles. The Morgan fingerprint density at radius 1 is 0.538 bits per heavy atom. The molecule has 0 radical (unpaired) electrons. The first-order valence-electron chi connectivity index (χ1n) is 26.0. The lowest BCUT2D eigenvalue weighted by Gasteiger charge is -2.22. The number of allylic oxidation sites excluding steroid dienone is 5. The van der Waals surface area contributed by atoms with Crippen LogP contribution in [0.15, 0.2) is 240 Å². The zero-order valence-corrected chi connectivity index (χ0v) is 42.1. The number of rotatable bonds is 9. The Morgan fingerprint density at radius 2 is 1.18 bits per heavy atom. The van der Waals surface area contributed by atoms with Crippen LogP contribution in [-0.2, 0) is 6.42 Å². The summed E-state index contributed by atoms with van der Waals surface area (Å²) >= 11 is 0. The highest BCUT2D eigenvalue weighted by molar-refractivity contribution is 6.14. The lowest BCUT2D eigenvalue weighted by molar-refractivity contribution is 0.527. The summed E-state index contributed by atoms with van der Waals surface area (Å²) in [6.45, 7) is 16.7. The molecule has 8 heteroatoms. The highest BCUT2D eigenvalue weighted by Gasteiger charge is 2.28. The molecular formula is C70H44N6O2. The molecule has 5 aromatic heterocycles. The molecule has 0 fully saturated rings. The van der Waals surface area contributed by atoms with Gasteiger partial charge in [0.1, 0.15) is 28.3 Å². The van der Waals surface area contributed by atoms with Gasteiger partial charge in [0.15, 0.2) is 17.3 Å². The van der Waals surface area contributed by atoms with E-state index in [0.29, 0.717) is 29.6 Å². The van der Waals surface area contributed by atoms with Gasteiger partial charge in [0, 0.05) is 78.2 Å². The first-order chi connectivity index (χ1) is 38.5. The van der Waals surface area contributed by atoms with E-state index in [2.05, 4.69) is 173 Å². The first kappa shape index (κ1) is 44.8. The lowest BCUT2D eigenvalue weighted by atomic mass is 9.91. The summed E-state index contributed by atoms with van der Waals surface area (Å²) in [5.41, 5.74) is 15.5. The fraction of sp³-hybridized carbons (Fsp3) is 0.0286. The van der Waals surface area contributed by atoms with E-state index in [0.717, 1.165) is 122 Å². The molecule has 0 bridgehead atoms. The minimum atomic E-state index is -0.212. The fourth-order valence-electron chi connectivity index (χ4n) is 11.9. The average Bonchev–Trinajstić information content (AvgIpc) is 4.45. The zero-order valence-electron chi connectivity index (χ0n) is 42.1. The summed E-state index contributed by atoms with van der Waals surface area (Å²) in [5.74, 6) is 2.34. The van der Waals surface area contributed by atoms with Gasteiger partial charge in [-0.05, 0) is 95.4 Å².